The molecule has 1 aromatic heterocycles. The highest BCUT2D eigenvalue weighted by molar-refractivity contribution is 7.90. The maximum absolute atomic E-state index is 12.5. The lowest BCUT2D eigenvalue weighted by atomic mass is 10.1. The third-order valence-electron chi connectivity index (χ3n) is 5.36. The first kappa shape index (κ1) is 22.4. The van der Waals surface area contributed by atoms with Gasteiger partial charge in [0.2, 0.25) is 0 Å². The summed E-state index contributed by atoms with van der Waals surface area (Å²) >= 11 is 12.1. The zero-order chi connectivity index (χ0) is 22.9. The van der Waals surface area contributed by atoms with Gasteiger partial charge < -0.3 is 9.80 Å². The van der Waals surface area contributed by atoms with Crippen molar-refractivity contribution in [2.75, 3.05) is 42.2 Å². The number of sulfone groups is 1. The first-order valence-electron chi connectivity index (χ1n) is 9.93. The standard InChI is InChI=1S/C23H20Cl2N4O2S/c1-32(30,31)21-13-17(15-26)23(27-22(21)16-5-7-18(24)8-6-16)29-11-9-28(10-12-29)20-4-2-3-19(25)14-20/h2-8,13-14H,9-12H2,1H3. The van der Waals surface area contributed by atoms with Gasteiger partial charge in [-0.3, -0.25) is 0 Å². The topological polar surface area (TPSA) is 77.3 Å². The minimum absolute atomic E-state index is 0.0256. The predicted octanol–water partition coefficient (Wildman–Crippen LogP) is 4.66. The highest BCUT2D eigenvalue weighted by atomic mass is 35.5. The number of nitrogens with zero attached hydrogens (tertiary/aromatic N) is 4. The summed E-state index contributed by atoms with van der Waals surface area (Å²) in [6.07, 6.45) is 1.12. The SMILES string of the molecule is CS(=O)(=O)c1cc(C#N)c(N2CCN(c3cccc(Cl)c3)CC2)nc1-c1ccc(Cl)cc1. The lowest BCUT2D eigenvalue weighted by Gasteiger charge is -2.37. The van der Waals surface area contributed by atoms with E-state index in [-0.39, 0.29) is 10.5 Å². The number of rotatable bonds is 4. The van der Waals surface area contributed by atoms with Crippen LogP contribution in [0.5, 0.6) is 0 Å². The molecule has 164 valence electrons. The number of anilines is 2. The second-order valence-corrected chi connectivity index (χ2v) is 10.4. The Morgan fingerprint density at radius 2 is 1.59 bits per heavy atom. The minimum Gasteiger partial charge on any atom is -0.368 e. The third-order valence-corrected chi connectivity index (χ3v) is 6.95. The van der Waals surface area contributed by atoms with Crippen molar-refractivity contribution in [2.24, 2.45) is 0 Å². The van der Waals surface area contributed by atoms with Crippen LogP contribution in [0.1, 0.15) is 5.56 Å². The van der Waals surface area contributed by atoms with Crippen molar-refractivity contribution in [3.63, 3.8) is 0 Å². The number of pyridine rings is 1. The van der Waals surface area contributed by atoms with E-state index in [1.54, 1.807) is 24.3 Å². The molecule has 1 aliphatic heterocycles. The Morgan fingerprint density at radius 1 is 0.938 bits per heavy atom. The molecular weight excluding hydrogens is 467 g/mol. The van der Waals surface area contributed by atoms with Crippen LogP contribution in [0.2, 0.25) is 10.0 Å². The Bertz CT molecular complexity index is 1300. The normalized spacial score (nSPS) is 14.3. The van der Waals surface area contributed by atoms with Crippen LogP contribution in [-0.4, -0.2) is 45.8 Å². The molecule has 0 spiro atoms. The van der Waals surface area contributed by atoms with Crippen LogP contribution in [0.3, 0.4) is 0 Å². The Hall–Kier alpha value is -2.79. The Balaban J connectivity index is 1.71. The van der Waals surface area contributed by atoms with E-state index in [9.17, 15) is 13.7 Å². The van der Waals surface area contributed by atoms with Crippen LogP contribution in [0.4, 0.5) is 11.5 Å². The maximum atomic E-state index is 12.5. The summed E-state index contributed by atoms with van der Waals surface area (Å²) in [5, 5.41) is 11.0. The number of aromatic nitrogens is 1. The zero-order valence-electron chi connectivity index (χ0n) is 17.3. The number of halogens is 2. The van der Waals surface area contributed by atoms with Crippen molar-refractivity contribution in [2.45, 2.75) is 4.90 Å². The van der Waals surface area contributed by atoms with Crippen molar-refractivity contribution in [1.82, 2.24) is 4.98 Å². The Kier molecular flexibility index (Phi) is 6.29. The second-order valence-electron chi connectivity index (χ2n) is 7.55. The summed E-state index contributed by atoms with van der Waals surface area (Å²) in [5.41, 5.74) is 2.22. The van der Waals surface area contributed by atoms with E-state index in [2.05, 4.69) is 16.0 Å². The van der Waals surface area contributed by atoms with E-state index in [0.29, 0.717) is 40.2 Å². The molecule has 0 unspecified atom stereocenters. The average Bonchev–Trinajstić information content (AvgIpc) is 2.78. The molecule has 0 N–H and O–H groups in total. The number of hydrogen-bond acceptors (Lipinski definition) is 6. The molecular formula is C23H20Cl2N4O2S. The first-order chi connectivity index (χ1) is 15.3. The molecule has 2 heterocycles. The summed E-state index contributed by atoms with van der Waals surface area (Å²) in [6.45, 7) is 2.70. The number of benzene rings is 2. The van der Waals surface area contributed by atoms with Crippen LogP contribution < -0.4 is 9.80 Å². The van der Waals surface area contributed by atoms with Gasteiger partial charge >= 0.3 is 0 Å². The molecule has 0 aliphatic carbocycles. The first-order valence-corrected chi connectivity index (χ1v) is 12.6. The highest BCUT2D eigenvalue weighted by Crippen LogP contribution is 2.32. The van der Waals surface area contributed by atoms with Crippen LogP contribution in [0, 0.1) is 11.3 Å². The number of nitriles is 1. The fraction of sp³-hybridized carbons (Fsp3) is 0.217. The largest absolute Gasteiger partial charge is 0.368 e. The van der Waals surface area contributed by atoms with E-state index >= 15 is 0 Å². The fourth-order valence-corrected chi connectivity index (χ4v) is 4.91. The van der Waals surface area contributed by atoms with Crippen LogP contribution in [-0.2, 0) is 9.84 Å². The van der Waals surface area contributed by atoms with Gasteiger partial charge in [-0.1, -0.05) is 41.4 Å². The van der Waals surface area contributed by atoms with Crippen LogP contribution in [0.25, 0.3) is 11.3 Å². The van der Waals surface area contributed by atoms with Gasteiger partial charge in [-0.05, 0) is 36.4 Å². The molecule has 0 saturated carbocycles. The van der Waals surface area contributed by atoms with Gasteiger partial charge in [0.05, 0.1) is 16.2 Å². The fourth-order valence-electron chi connectivity index (χ4n) is 3.76. The Labute approximate surface area is 197 Å². The molecule has 1 aliphatic rings. The van der Waals surface area contributed by atoms with Crippen molar-refractivity contribution in [3.05, 3.63) is 70.2 Å². The summed E-state index contributed by atoms with van der Waals surface area (Å²) in [6, 6.07) is 18.1. The second kappa shape index (κ2) is 8.99. The van der Waals surface area contributed by atoms with Crippen molar-refractivity contribution >= 4 is 44.5 Å². The quantitative estimate of drug-likeness (QED) is 0.533. The number of hydrogen-bond donors (Lipinski definition) is 0. The molecule has 3 aromatic rings. The predicted molar refractivity (Wildman–Crippen MR) is 128 cm³/mol. The molecule has 0 bridgehead atoms. The van der Waals surface area contributed by atoms with E-state index in [1.165, 1.54) is 6.07 Å². The monoisotopic (exact) mass is 486 g/mol. The molecule has 0 amide bonds. The lowest BCUT2D eigenvalue weighted by molar-refractivity contribution is 0.601. The van der Waals surface area contributed by atoms with Gasteiger partial charge in [-0.2, -0.15) is 5.26 Å². The molecule has 0 radical (unpaired) electrons. The minimum atomic E-state index is -3.61. The number of piperazine rings is 1. The smallest absolute Gasteiger partial charge is 0.177 e. The molecule has 1 saturated heterocycles. The summed E-state index contributed by atoms with van der Waals surface area (Å²) < 4.78 is 24.9. The molecule has 6 nitrogen and oxygen atoms in total. The average molecular weight is 487 g/mol. The van der Waals surface area contributed by atoms with E-state index in [4.69, 9.17) is 23.2 Å². The molecule has 9 heteroatoms. The van der Waals surface area contributed by atoms with Crippen LogP contribution in [0.15, 0.2) is 59.5 Å². The van der Waals surface area contributed by atoms with Gasteiger partial charge in [0.1, 0.15) is 11.9 Å². The summed E-state index contributed by atoms with van der Waals surface area (Å²) in [4.78, 5) is 8.95. The van der Waals surface area contributed by atoms with Crippen molar-refractivity contribution in [1.29, 1.82) is 5.26 Å². The molecule has 1 fully saturated rings. The Morgan fingerprint density at radius 3 is 2.19 bits per heavy atom. The highest BCUT2D eigenvalue weighted by Gasteiger charge is 2.25. The van der Waals surface area contributed by atoms with Gasteiger partial charge in [0, 0.05) is 53.7 Å². The van der Waals surface area contributed by atoms with Gasteiger partial charge in [0.15, 0.2) is 9.84 Å². The lowest BCUT2D eigenvalue weighted by Crippen LogP contribution is -2.47. The maximum Gasteiger partial charge on any atom is 0.177 e. The van der Waals surface area contributed by atoms with Gasteiger partial charge in [0.25, 0.3) is 0 Å². The molecule has 4 rings (SSSR count). The summed E-state index contributed by atoms with van der Waals surface area (Å²) in [7, 11) is -3.61. The summed E-state index contributed by atoms with van der Waals surface area (Å²) in [5.74, 6) is 0.482. The van der Waals surface area contributed by atoms with Crippen LogP contribution >= 0.6 is 23.2 Å². The van der Waals surface area contributed by atoms with E-state index in [0.717, 1.165) is 25.0 Å². The van der Waals surface area contributed by atoms with Gasteiger partial charge in [-0.25, -0.2) is 13.4 Å². The van der Waals surface area contributed by atoms with Gasteiger partial charge in [-0.15, -0.1) is 0 Å². The molecule has 32 heavy (non-hydrogen) atoms. The zero-order valence-corrected chi connectivity index (χ0v) is 19.6. The van der Waals surface area contributed by atoms with E-state index < -0.39 is 9.84 Å². The van der Waals surface area contributed by atoms with Crippen molar-refractivity contribution < 1.29 is 8.42 Å². The molecule has 0 atom stereocenters. The third kappa shape index (κ3) is 4.68. The molecule has 2 aromatic carbocycles. The van der Waals surface area contributed by atoms with E-state index in [1.807, 2.05) is 29.2 Å². The van der Waals surface area contributed by atoms with Crippen molar-refractivity contribution in [3.8, 4) is 17.3 Å².